The van der Waals surface area contributed by atoms with Crippen molar-refractivity contribution in [3.05, 3.63) is 59.7 Å². The highest BCUT2D eigenvalue weighted by Crippen LogP contribution is 2.44. The molecule has 2 amide bonds. The van der Waals surface area contributed by atoms with Gasteiger partial charge in [0.05, 0.1) is 5.92 Å². The molecule has 2 aliphatic rings. The molecule has 0 aliphatic heterocycles. The number of fused-ring (bicyclic) bond motifs is 3. The minimum atomic E-state index is -0.876. The van der Waals surface area contributed by atoms with Crippen LogP contribution in [0.2, 0.25) is 0 Å². The summed E-state index contributed by atoms with van der Waals surface area (Å²) < 4.78 is 5.62. The van der Waals surface area contributed by atoms with Crippen LogP contribution in [0.25, 0.3) is 11.1 Å². The van der Waals surface area contributed by atoms with Gasteiger partial charge in [0, 0.05) is 24.9 Å². The summed E-state index contributed by atoms with van der Waals surface area (Å²) in [6, 6.07) is 15.9. The summed E-state index contributed by atoms with van der Waals surface area (Å²) in [6.07, 6.45) is 3.71. The number of amides is 2. The molecule has 0 aromatic heterocycles. The van der Waals surface area contributed by atoms with E-state index in [0.29, 0.717) is 18.8 Å². The Morgan fingerprint density at radius 3 is 2.23 bits per heavy atom. The number of alkyl carbamates (subject to hydrolysis) is 1. The van der Waals surface area contributed by atoms with E-state index in [2.05, 4.69) is 34.9 Å². The second kappa shape index (κ2) is 11.4. The number of aliphatic carboxylic acids is 1. The number of nitrogens with one attached hydrogen (secondary N) is 2. The van der Waals surface area contributed by atoms with E-state index in [1.54, 1.807) is 0 Å². The molecule has 1 fully saturated rings. The van der Waals surface area contributed by atoms with Crippen molar-refractivity contribution in [3.63, 3.8) is 0 Å². The van der Waals surface area contributed by atoms with E-state index in [4.69, 9.17) is 4.74 Å². The summed E-state index contributed by atoms with van der Waals surface area (Å²) in [4.78, 5) is 36.6. The van der Waals surface area contributed by atoms with E-state index in [9.17, 15) is 19.5 Å². The average molecular weight is 479 g/mol. The van der Waals surface area contributed by atoms with Crippen molar-refractivity contribution in [1.82, 2.24) is 10.6 Å². The van der Waals surface area contributed by atoms with E-state index in [1.165, 1.54) is 11.1 Å². The zero-order chi connectivity index (χ0) is 24.8. The molecule has 7 heteroatoms. The lowest BCUT2D eigenvalue weighted by Gasteiger charge is -2.20. The van der Waals surface area contributed by atoms with Crippen LogP contribution in [0.1, 0.15) is 62.5 Å². The summed E-state index contributed by atoms with van der Waals surface area (Å²) in [5.41, 5.74) is 4.62. The summed E-state index contributed by atoms with van der Waals surface area (Å²) >= 11 is 0. The first kappa shape index (κ1) is 24.8. The van der Waals surface area contributed by atoms with Crippen LogP contribution in [0, 0.1) is 11.8 Å². The van der Waals surface area contributed by atoms with Gasteiger partial charge in [-0.15, -0.1) is 0 Å². The summed E-state index contributed by atoms with van der Waals surface area (Å²) in [5.74, 6) is -1.26. The average Bonchev–Trinajstić information content (AvgIpc) is 3.61. The fourth-order valence-electron chi connectivity index (χ4n) is 4.94. The van der Waals surface area contributed by atoms with E-state index >= 15 is 0 Å². The van der Waals surface area contributed by atoms with Crippen molar-refractivity contribution in [3.8, 4) is 11.1 Å². The molecule has 0 bridgehead atoms. The van der Waals surface area contributed by atoms with Gasteiger partial charge in [0.15, 0.2) is 0 Å². The van der Waals surface area contributed by atoms with Crippen LogP contribution in [0.3, 0.4) is 0 Å². The Kier molecular flexibility index (Phi) is 8.06. The van der Waals surface area contributed by atoms with Gasteiger partial charge in [0.2, 0.25) is 5.91 Å². The molecule has 35 heavy (non-hydrogen) atoms. The minimum absolute atomic E-state index is 0.0273. The Hall–Kier alpha value is -3.35. The smallest absolute Gasteiger partial charge is 0.407 e. The Morgan fingerprint density at radius 1 is 1.03 bits per heavy atom. The van der Waals surface area contributed by atoms with Gasteiger partial charge < -0.3 is 20.5 Å². The number of carboxylic acids is 1. The van der Waals surface area contributed by atoms with Crippen molar-refractivity contribution < 1.29 is 24.2 Å². The topological polar surface area (TPSA) is 105 Å². The highest BCUT2D eigenvalue weighted by atomic mass is 16.5. The van der Waals surface area contributed by atoms with Crippen molar-refractivity contribution in [1.29, 1.82) is 0 Å². The zero-order valence-electron chi connectivity index (χ0n) is 20.2. The predicted molar refractivity (Wildman–Crippen MR) is 133 cm³/mol. The Morgan fingerprint density at radius 2 is 1.66 bits per heavy atom. The highest BCUT2D eigenvalue weighted by molar-refractivity contribution is 5.80. The third-order valence-electron chi connectivity index (χ3n) is 6.94. The van der Waals surface area contributed by atoms with Gasteiger partial charge in [0.1, 0.15) is 6.61 Å². The molecule has 4 rings (SSSR count). The van der Waals surface area contributed by atoms with Gasteiger partial charge >= 0.3 is 12.1 Å². The molecule has 2 aromatic rings. The molecule has 0 spiro atoms. The van der Waals surface area contributed by atoms with E-state index in [0.717, 1.165) is 30.4 Å². The lowest BCUT2D eigenvalue weighted by Crippen LogP contribution is -2.41. The molecular weight excluding hydrogens is 444 g/mol. The molecule has 7 nitrogen and oxygen atoms in total. The molecule has 1 saturated carbocycles. The van der Waals surface area contributed by atoms with Crippen LogP contribution in [0.15, 0.2) is 48.5 Å². The van der Waals surface area contributed by atoms with Crippen LogP contribution < -0.4 is 10.6 Å². The number of ether oxygens (including phenoxy) is 1. The first-order valence-corrected chi connectivity index (χ1v) is 12.6. The Bertz CT molecular complexity index is 1020. The largest absolute Gasteiger partial charge is 0.481 e. The molecule has 2 atom stereocenters. The highest BCUT2D eigenvalue weighted by Gasteiger charge is 2.31. The quantitative estimate of drug-likeness (QED) is 0.410. The van der Waals surface area contributed by atoms with Gasteiger partial charge in [-0.25, -0.2) is 4.79 Å². The van der Waals surface area contributed by atoms with Crippen LogP contribution >= 0.6 is 0 Å². The van der Waals surface area contributed by atoms with Gasteiger partial charge in [-0.1, -0.05) is 74.7 Å². The monoisotopic (exact) mass is 478 g/mol. The second-order valence-corrected chi connectivity index (χ2v) is 9.68. The molecule has 0 radical (unpaired) electrons. The fraction of sp³-hybridized carbons (Fsp3) is 0.464. The molecule has 1 unspecified atom stereocenters. The van der Waals surface area contributed by atoms with Crippen LogP contribution in [-0.4, -0.2) is 42.3 Å². The van der Waals surface area contributed by atoms with Gasteiger partial charge in [-0.2, -0.15) is 0 Å². The minimum Gasteiger partial charge on any atom is -0.481 e. The Balaban J connectivity index is 1.29. The number of hydrogen-bond acceptors (Lipinski definition) is 4. The van der Waals surface area contributed by atoms with Crippen LogP contribution in [-0.2, 0) is 14.3 Å². The Labute approximate surface area is 206 Å². The predicted octanol–water partition coefficient (Wildman–Crippen LogP) is 4.70. The maximum absolute atomic E-state index is 12.6. The van der Waals surface area contributed by atoms with Crippen molar-refractivity contribution in [2.75, 3.05) is 13.2 Å². The van der Waals surface area contributed by atoms with Gasteiger partial charge in [-0.05, 0) is 41.0 Å². The van der Waals surface area contributed by atoms with Gasteiger partial charge in [-0.3, -0.25) is 9.59 Å². The van der Waals surface area contributed by atoms with Gasteiger partial charge in [0.25, 0.3) is 0 Å². The van der Waals surface area contributed by atoms with E-state index < -0.39 is 18.0 Å². The lowest BCUT2D eigenvalue weighted by atomic mass is 9.98. The number of hydrogen-bond donors (Lipinski definition) is 3. The maximum atomic E-state index is 12.6. The molecule has 2 aliphatic carbocycles. The number of rotatable bonds is 12. The van der Waals surface area contributed by atoms with E-state index in [-0.39, 0.29) is 37.4 Å². The normalized spacial score (nSPS) is 16.0. The van der Waals surface area contributed by atoms with Crippen LogP contribution in [0.5, 0.6) is 0 Å². The fourth-order valence-corrected chi connectivity index (χ4v) is 4.94. The summed E-state index contributed by atoms with van der Waals surface area (Å²) in [6.45, 7) is 2.32. The van der Waals surface area contributed by atoms with Crippen LogP contribution in [0.4, 0.5) is 4.79 Å². The summed E-state index contributed by atoms with van der Waals surface area (Å²) in [7, 11) is 0. The first-order valence-electron chi connectivity index (χ1n) is 12.6. The SMILES string of the molecule is CCC[C@H](CC(=O)NCC(CC1CC1)C(=O)O)NC(=O)OCC1c2ccccc2-c2ccccc21. The molecule has 0 saturated heterocycles. The third-order valence-corrected chi connectivity index (χ3v) is 6.94. The number of benzene rings is 2. The first-order chi connectivity index (χ1) is 17.0. The molecular formula is C28H34N2O5. The number of carbonyl (C=O) groups excluding carboxylic acids is 2. The standard InChI is InChI=1S/C28H34N2O5/c1-2-7-20(15-26(31)29-16-19(27(32)33)14-18-12-13-18)30-28(34)35-17-25-23-10-5-3-8-21(23)22-9-4-6-11-24(22)25/h3-6,8-11,18-20,25H,2,7,12-17H2,1H3,(H,29,31)(H,30,34)(H,32,33)/t19?,20-/m1/s1. The summed E-state index contributed by atoms with van der Waals surface area (Å²) in [5, 5.41) is 15.0. The third kappa shape index (κ3) is 6.41. The maximum Gasteiger partial charge on any atom is 0.407 e. The van der Waals surface area contributed by atoms with Crippen molar-refractivity contribution in [2.45, 2.75) is 57.4 Å². The second-order valence-electron chi connectivity index (χ2n) is 9.68. The zero-order valence-corrected chi connectivity index (χ0v) is 20.2. The molecule has 3 N–H and O–H groups in total. The number of carbonyl (C=O) groups is 3. The van der Waals surface area contributed by atoms with Crippen molar-refractivity contribution in [2.24, 2.45) is 11.8 Å². The lowest BCUT2D eigenvalue weighted by molar-refractivity contribution is -0.142. The van der Waals surface area contributed by atoms with Crippen molar-refractivity contribution >= 4 is 18.0 Å². The number of carboxylic acid groups (broad SMARTS) is 1. The molecule has 0 heterocycles. The molecule has 186 valence electrons. The van der Waals surface area contributed by atoms with E-state index in [1.807, 2.05) is 31.2 Å². The molecule has 2 aromatic carbocycles.